The number of benzene rings is 3. The summed E-state index contributed by atoms with van der Waals surface area (Å²) in [5.74, 6) is -1.63. The molecular weight excluding hydrogens is 462 g/mol. The van der Waals surface area contributed by atoms with Gasteiger partial charge in [-0.15, -0.1) is 0 Å². The fraction of sp³-hybridized carbons (Fsp3) is 0.290. The lowest BCUT2D eigenvalue weighted by Gasteiger charge is -2.33. The van der Waals surface area contributed by atoms with Crippen molar-refractivity contribution in [3.63, 3.8) is 0 Å². The second-order valence-corrected chi connectivity index (χ2v) is 9.74. The molecule has 3 aromatic rings. The molecule has 0 atom stereocenters. The van der Waals surface area contributed by atoms with Gasteiger partial charge in [-0.3, -0.25) is 9.29 Å². The summed E-state index contributed by atoms with van der Waals surface area (Å²) in [5.41, 5.74) is 6.89. The highest BCUT2D eigenvalue weighted by atomic mass is 19.1. The lowest BCUT2D eigenvalue weighted by Crippen LogP contribution is -2.40. The van der Waals surface area contributed by atoms with E-state index in [4.69, 9.17) is 0 Å². The van der Waals surface area contributed by atoms with Crippen LogP contribution < -0.4 is 0 Å². The van der Waals surface area contributed by atoms with Crippen molar-refractivity contribution in [2.24, 2.45) is 0 Å². The van der Waals surface area contributed by atoms with Crippen LogP contribution in [0, 0.1) is 24.4 Å². The second kappa shape index (κ2) is 10.4. The number of allylic oxidation sites excluding steroid dienone is 1. The van der Waals surface area contributed by atoms with E-state index in [1.165, 1.54) is 17.7 Å². The average Bonchev–Trinajstić information content (AvgIpc) is 3.00. The topological polar surface area (TPSA) is 3.24 Å². The molecule has 5 heteroatoms. The maximum Gasteiger partial charge on any atom is 0.133 e. The fourth-order valence-corrected chi connectivity index (χ4v) is 5.48. The Balaban J connectivity index is 1.61. The zero-order chi connectivity index (χ0) is 25.2. The Kier molecular flexibility index (Phi) is 7.10. The van der Waals surface area contributed by atoms with E-state index in [2.05, 4.69) is 4.90 Å². The van der Waals surface area contributed by atoms with Crippen molar-refractivity contribution in [1.29, 1.82) is 0 Å². The minimum absolute atomic E-state index is 0.315. The van der Waals surface area contributed by atoms with Gasteiger partial charge in [0, 0.05) is 36.8 Å². The van der Waals surface area contributed by atoms with E-state index in [-0.39, 0.29) is 12.5 Å². The van der Waals surface area contributed by atoms with Gasteiger partial charge >= 0.3 is 0 Å². The Hall–Kier alpha value is -3.18. The predicted octanol–water partition coefficient (Wildman–Crippen LogP) is 7.77. The Labute approximate surface area is 209 Å². The summed E-state index contributed by atoms with van der Waals surface area (Å²) >= 11 is 0. The van der Waals surface area contributed by atoms with Crippen LogP contribution in [0.15, 0.2) is 60.2 Å². The molecule has 1 saturated heterocycles. The highest BCUT2D eigenvalue weighted by Gasteiger charge is 2.26. The molecule has 186 valence electrons. The van der Waals surface area contributed by atoms with Crippen LogP contribution in [0.3, 0.4) is 0 Å². The van der Waals surface area contributed by atoms with E-state index in [1.807, 2.05) is 43.3 Å². The third-order valence-corrected chi connectivity index (χ3v) is 7.11. The van der Waals surface area contributed by atoms with Gasteiger partial charge in [-0.2, -0.15) is 0 Å². The number of alkyl halides is 1. The molecule has 0 saturated carbocycles. The molecule has 0 bridgehead atoms. The molecule has 0 amide bonds. The normalized spacial score (nSPS) is 16.0. The van der Waals surface area contributed by atoms with Crippen LogP contribution in [0.25, 0.3) is 17.2 Å². The van der Waals surface area contributed by atoms with Crippen molar-refractivity contribution in [3.8, 4) is 0 Å². The number of hydrogen-bond acceptors (Lipinski definition) is 1. The lowest BCUT2D eigenvalue weighted by atomic mass is 9.85. The van der Waals surface area contributed by atoms with E-state index >= 15 is 4.39 Å². The van der Waals surface area contributed by atoms with Gasteiger partial charge in [0.25, 0.3) is 0 Å². The summed E-state index contributed by atoms with van der Waals surface area (Å²) in [5, 5.41) is 0. The van der Waals surface area contributed by atoms with E-state index < -0.39 is 11.6 Å². The minimum Gasteiger partial charge on any atom is -0.295 e. The zero-order valence-corrected chi connectivity index (χ0v) is 20.4. The number of fused-ring (bicyclic) bond motifs is 1. The summed E-state index contributed by atoms with van der Waals surface area (Å²) < 4.78 is 57.0. The summed E-state index contributed by atoms with van der Waals surface area (Å²) in [6, 6.07) is 15.0. The third kappa shape index (κ3) is 4.90. The van der Waals surface area contributed by atoms with Crippen LogP contribution in [0.4, 0.5) is 17.6 Å². The number of aryl methyl sites for hydroxylation is 2. The van der Waals surface area contributed by atoms with Crippen molar-refractivity contribution in [2.75, 3.05) is 26.3 Å². The van der Waals surface area contributed by atoms with Crippen LogP contribution in [0.1, 0.15) is 52.6 Å². The first-order chi connectivity index (χ1) is 17.4. The van der Waals surface area contributed by atoms with Crippen molar-refractivity contribution >= 4 is 17.2 Å². The molecule has 0 aromatic heterocycles. The molecule has 1 fully saturated rings. The Morgan fingerprint density at radius 2 is 1.69 bits per heavy atom. The Morgan fingerprint density at radius 3 is 2.44 bits per heavy atom. The quantitative estimate of drug-likeness (QED) is 0.319. The van der Waals surface area contributed by atoms with Crippen LogP contribution in [-0.2, 0) is 6.42 Å². The van der Waals surface area contributed by atoms with Gasteiger partial charge in [0.05, 0.1) is 6.67 Å². The largest absolute Gasteiger partial charge is 0.295 e. The molecule has 5 rings (SSSR count). The van der Waals surface area contributed by atoms with Crippen LogP contribution in [0.2, 0.25) is 0 Å². The number of nitrogens with zero attached hydrogens (tertiary/aromatic N) is 1. The van der Waals surface area contributed by atoms with Gasteiger partial charge in [-0.05, 0) is 89.8 Å². The van der Waals surface area contributed by atoms with Gasteiger partial charge in [0.1, 0.15) is 17.5 Å². The average molecular weight is 492 g/mol. The molecular formula is C31H29F4N. The van der Waals surface area contributed by atoms with Gasteiger partial charge < -0.3 is 0 Å². The molecule has 1 heterocycles. The predicted molar refractivity (Wildman–Crippen MR) is 138 cm³/mol. The molecule has 0 spiro atoms. The first kappa shape index (κ1) is 24.5. The highest BCUT2D eigenvalue weighted by Crippen LogP contribution is 2.42. The molecule has 0 radical (unpaired) electrons. The summed E-state index contributed by atoms with van der Waals surface area (Å²) in [7, 11) is 0. The van der Waals surface area contributed by atoms with Crippen molar-refractivity contribution in [3.05, 3.63) is 111 Å². The minimum atomic E-state index is -0.636. The molecule has 36 heavy (non-hydrogen) atoms. The van der Waals surface area contributed by atoms with Crippen molar-refractivity contribution in [2.45, 2.75) is 32.6 Å². The maximum absolute atomic E-state index is 15.9. The van der Waals surface area contributed by atoms with E-state index in [1.54, 1.807) is 6.07 Å². The Bertz CT molecular complexity index is 1320. The molecule has 0 unspecified atom stereocenters. The molecule has 1 nitrogen and oxygen atoms in total. The summed E-state index contributed by atoms with van der Waals surface area (Å²) in [6.45, 7) is 3.85. The van der Waals surface area contributed by atoms with E-state index in [0.29, 0.717) is 35.1 Å². The fourth-order valence-electron chi connectivity index (χ4n) is 5.48. The maximum atomic E-state index is 15.9. The van der Waals surface area contributed by atoms with Gasteiger partial charge in [0.2, 0.25) is 0 Å². The summed E-state index contributed by atoms with van der Waals surface area (Å²) in [4.78, 5) is 2.17. The van der Waals surface area contributed by atoms with Crippen LogP contribution in [0.5, 0.6) is 0 Å². The second-order valence-electron chi connectivity index (χ2n) is 9.74. The number of halogens is 4. The molecule has 1 aliphatic carbocycles. The van der Waals surface area contributed by atoms with Gasteiger partial charge in [-0.25, -0.2) is 13.2 Å². The zero-order valence-electron chi connectivity index (χ0n) is 20.4. The summed E-state index contributed by atoms with van der Waals surface area (Å²) in [6.07, 6.45) is 4.68. The molecule has 3 aromatic carbocycles. The van der Waals surface area contributed by atoms with Crippen molar-refractivity contribution < 1.29 is 17.6 Å². The lowest BCUT2D eigenvalue weighted by molar-refractivity contribution is 0.239. The third-order valence-electron chi connectivity index (χ3n) is 7.11. The van der Waals surface area contributed by atoms with Crippen molar-refractivity contribution in [1.82, 2.24) is 4.90 Å². The van der Waals surface area contributed by atoms with Crippen LogP contribution >= 0.6 is 0 Å². The number of rotatable bonds is 6. The Morgan fingerprint density at radius 1 is 0.889 bits per heavy atom. The standard InChI is InChI=1S/C31H29F4N/c1-20-14-21(15-22-18-36(19-22)13-5-12-32)16-29(35)30(20)31-25-8-3-2-6-23(25)7-4-9-27(31)26-11-10-24(33)17-28(26)34/h2-3,6,8,10-11,14-17H,4-5,7,9,12-13,18-19H2,1H3. The number of likely N-dealkylation sites (tertiary alicyclic amines) is 1. The smallest absolute Gasteiger partial charge is 0.133 e. The van der Waals surface area contributed by atoms with Crippen LogP contribution in [-0.4, -0.2) is 31.2 Å². The molecule has 1 aliphatic heterocycles. The highest BCUT2D eigenvalue weighted by molar-refractivity contribution is 6.01. The first-order valence-electron chi connectivity index (χ1n) is 12.5. The monoisotopic (exact) mass is 491 g/mol. The number of hydrogen-bond donors (Lipinski definition) is 0. The SMILES string of the molecule is Cc1cc(C=C2CN(CCCF)C2)cc(F)c1C1=C(c2ccc(F)cc2F)CCCc2ccccc21. The van der Waals surface area contributed by atoms with Gasteiger partial charge in [-0.1, -0.05) is 36.4 Å². The van der Waals surface area contributed by atoms with E-state index in [9.17, 15) is 13.2 Å². The molecule has 2 aliphatic rings. The van der Waals surface area contributed by atoms with E-state index in [0.717, 1.165) is 60.8 Å². The molecule has 0 N–H and O–H groups in total. The first-order valence-corrected chi connectivity index (χ1v) is 12.5. The van der Waals surface area contributed by atoms with Gasteiger partial charge in [0.15, 0.2) is 0 Å².